The molecule has 0 radical (unpaired) electrons. The molecule has 0 spiro atoms. The van der Waals surface area contributed by atoms with E-state index in [1.54, 1.807) is 0 Å². The van der Waals surface area contributed by atoms with Crippen LogP contribution in [-0.4, -0.2) is 53.9 Å². The Labute approximate surface area is 172 Å². The smallest absolute Gasteiger partial charge is 0.348 e. The molecule has 0 aliphatic carbocycles. The average molecular weight is 430 g/mol. The van der Waals surface area contributed by atoms with Crippen molar-refractivity contribution < 1.29 is 22.8 Å². The molecule has 3 rings (SSSR count). The van der Waals surface area contributed by atoms with Gasteiger partial charge in [-0.15, -0.1) is 0 Å². The van der Waals surface area contributed by atoms with E-state index in [9.17, 15) is 22.8 Å². The molecule has 2 saturated heterocycles. The fourth-order valence-corrected chi connectivity index (χ4v) is 4.90. The maximum absolute atomic E-state index is 12.6. The monoisotopic (exact) mass is 429 g/mol. The molecule has 9 heteroatoms. The number of piperidine rings is 1. The van der Waals surface area contributed by atoms with Crippen LogP contribution in [-0.2, 0) is 15.8 Å². The molecule has 2 aliphatic heterocycles. The third-order valence-corrected chi connectivity index (χ3v) is 6.63. The van der Waals surface area contributed by atoms with E-state index in [2.05, 4.69) is 15.5 Å². The number of nitrogens with one attached hydrogen (secondary N) is 2. The second kappa shape index (κ2) is 9.84. The summed E-state index contributed by atoms with van der Waals surface area (Å²) in [6.45, 7) is 2.48. The van der Waals surface area contributed by atoms with Crippen LogP contribution in [0.15, 0.2) is 24.3 Å². The van der Waals surface area contributed by atoms with Crippen LogP contribution in [0.5, 0.6) is 0 Å². The van der Waals surface area contributed by atoms with Crippen molar-refractivity contribution in [3.63, 3.8) is 0 Å². The molecule has 0 aromatic heterocycles. The molecule has 2 heterocycles. The van der Waals surface area contributed by atoms with Crippen molar-refractivity contribution in [2.75, 3.05) is 36.5 Å². The van der Waals surface area contributed by atoms with Gasteiger partial charge in [-0.25, -0.2) is 0 Å². The zero-order chi connectivity index (χ0) is 20.9. The number of hydrogen-bond acceptors (Lipinski definition) is 4. The quantitative estimate of drug-likeness (QED) is 0.721. The first kappa shape index (κ1) is 22.0. The van der Waals surface area contributed by atoms with Crippen LogP contribution >= 0.6 is 11.8 Å². The van der Waals surface area contributed by atoms with Crippen LogP contribution in [0, 0.1) is 5.92 Å². The predicted octanol–water partition coefficient (Wildman–Crippen LogP) is 3.37. The number of nitrogens with zero attached hydrogens (tertiary/aromatic N) is 1. The molecule has 0 saturated carbocycles. The lowest BCUT2D eigenvalue weighted by atomic mass is 9.94. The molecule has 0 unspecified atom stereocenters. The van der Waals surface area contributed by atoms with Crippen molar-refractivity contribution in [1.82, 2.24) is 10.2 Å². The van der Waals surface area contributed by atoms with Gasteiger partial charge in [0.2, 0.25) is 0 Å². The maximum atomic E-state index is 12.6. The Bertz CT molecular complexity index is 698. The molecule has 2 N–H and O–H groups in total. The predicted molar refractivity (Wildman–Crippen MR) is 108 cm³/mol. The average Bonchev–Trinajstić information content (AvgIpc) is 2.72. The Morgan fingerprint density at radius 1 is 1.00 bits per heavy atom. The van der Waals surface area contributed by atoms with Gasteiger partial charge in [-0.05, 0) is 80.5 Å². The third kappa shape index (κ3) is 6.37. The lowest BCUT2D eigenvalue weighted by molar-refractivity contribution is -0.137. The number of likely N-dealkylation sites (tertiary alicyclic amines) is 1. The van der Waals surface area contributed by atoms with E-state index in [0.717, 1.165) is 50.2 Å². The number of thioether (sulfide) groups is 1. The molecular weight excluding hydrogens is 403 g/mol. The number of alkyl halides is 3. The molecule has 2 amide bonds. The van der Waals surface area contributed by atoms with Gasteiger partial charge in [0.1, 0.15) is 0 Å². The van der Waals surface area contributed by atoms with E-state index in [0.29, 0.717) is 18.5 Å². The molecule has 1 aromatic carbocycles. The molecule has 1 aromatic rings. The Kier molecular flexibility index (Phi) is 7.45. The number of carbonyl (C=O) groups excluding carboxylic acids is 2. The van der Waals surface area contributed by atoms with Crippen LogP contribution in [0.1, 0.15) is 31.2 Å². The van der Waals surface area contributed by atoms with Crippen molar-refractivity contribution in [3.05, 3.63) is 29.8 Å². The van der Waals surface area contributed by atoms with E-state index in [-0.39, 0.29) is 5.69 Å². The van der Waals surface area contributed by atoms with E-state index in [1.165, 1.54) is 24.3 Å². The van der Waals surface area contributed by atoms with Gasteiger partial charge in [-0.3, -0.25) is 9.59 Å². The minimum atomic E-state index is -4.44. The molecule has 5 nitrogen and oxygen atoms in total. The van der Waals surface area contributed by atoms with Gasteiger partial charge in [0.15, 0.2) is 0 Å². The summed E-state index contributed by atoms with van der Waals surface area (Å²) in [7, 11) is 0. The lowest BCUT2D eigenvalue weighted by Crippen LogP contribution is -2.45. The zero-order valence-corrected chi connectivity index (χ0v) is 17.0. The first-order valence-corrected chi connectivity index (χ1v) is 11.1. The van der Waals surface area contributed by atoms with Crippen LogP contribution in [0.2, 0.25) is 0 Å². The van der Waals surface area contributed by atoms with Crippen molar-refractivity contribution in [2.45, 2.75) is 37.9 Å². The highest BCUT2D eigenvalue weighted by atomic mass is 32.2. The van der Waals surface area contributed by atoms with Gasteiger partial charge >= 0.3 is 18.0 Å². The molecule has 0 bridgehead atoms. The van der Waals surface area contributed by atoms with Crippen LogP contribution in [0.4, 0.5) is 18.9 Å². The largest absolute Gasteiger partial charge is 0.416 e. The van der Waals surface area contributed by atoms with Crippen molar-refractivity contribution in [2.24, 2.45) is 5.92 Å². The summed E-state index contributed by atoms with van der Waals surface area (Å²) in [6, 6.07) is 4.68. The summed E-state index contributed by atoms with van der Waals surface area (Å²) in [5.74, 6) is 1.16. The van der Waals surface area contributed by atoms with Gasteiger partial charge < -0.3 is 15.5 Å². The van der Waals surface area contributed by atoms with Gasteiger partial charge in [-0.2, -0.15) is 24.9 Å². The third-order valence-electron chi connectivity index (χ3n) is 5.58. The summed E-state index contributed by atoms with van der Waals surface area (Å²) >= 11 is 2.02. The molecule has 160 valence electrons. The van der Waals surface area contributed by atoms with E-state index < -0.39 is 23.6 Å². The molecule has 29 heavy (non-hydrogen) atoms. The highest BCUT2D eigenvalue weighted by Crippen LogP contribution is 2.30. The standard InChI is InChI=1S/C20H26F3N3O2S/c21-20(22,23)15-1-3-16(4-2-15)25-19(28)18(27)24-13-14-5-9-26(10-6-14)17-7-11-29-12-8-17/h1-4,14,17H,5-13H2,(H,24,27)(H,25,28). The number of amides is 2. The minimum absolute atomic E-state index is 0.150. The van der Waals surface area contributed by atoms with Crippen molar-refractivity contribution >= 4 is 29.3 Å². The van der Waals surface area contributed by atoms with E-state index in [1.807, 2.05) is 11.8 Å². The number of anilines is 1. The van der Waals surface area contributed by atoms with E-state index >= 15 is 0 Å². The second-order valence-electron chi connectivity index (χ2n) is 7.56. The summed E-state index contributed by atoms with van der Waals surface area (Å²) in [5, 5.41) is 4.98. The fraction of sp³-hybridized carbons (Fsp3) is 0.600. The highest BCUT2D eigenvalue weighted by Gasteiger charge is 2.30. The first-order valence-electron chi connectivity index (χ1n) is 9.91. The van der Waals surface area contributed by atoms with Gasteiger partial charge in [0, 0.05) is 18.3 Å². The summed E-state index contributed by atoms with van der Waals surface area (Å²) in [6.07, 6.45) is 0.0344. The molecular formula is C20H26F3N3O2S. The molecule has 2 aliphatic rings. The summed E-state index contributed by atoms with van der Waals surface area (Å²) in [5.41, 5.74) is -0.657. The summed E-state index contributed by atoms with van der Waals surface area (Å²) in [4.78, 5) is 26.5. The van der Waals surface area contributed by atoms with Gasteiger partial charge in [-0.1, -0.05) is 0 Å². The Balaban J connectivity index is 1.38. The number of benzene rings is 1. The topological polar surface area (TPSA) is 61.4 Å². The molecule has 2 fully saturated rings. The first-order chi connectivity index (χ1) is 13.8. The fourth-order valence-electron chi connectivity index (χ4n) is 3.82. The molecule has 0 atom stereocenters. The number of hydrogen-bond donors (Lipinski definition) is 2. The SMILES string of the molecule is O=C(NCC1CCN(C2CCSCC2)CC1)C(=O)Nc1ccc(C(F)(F)F)cc1. The minimum Gasteiger partial charge on any atom is -0.348 e. The number of halogens is 3. The van der Waals surface area contributed by atoms with Crippen LogP contribution < -0.4 is 10.6 Å². The van der Waals surface area contributed by atoms with Crippen molar-refractivity contribution in [3.8, 4) is 0 Å². The normalized spacial score (nSPS) is 19.7. The number of carbonyl (C=O) groups is 2. The summed E-state index contributed by atoms with van der Waals surface area (Å²) < 4.78 is 37.7. The van der Waals surface area contributed by atoms with Crippen LogP contribution in [0.3, 0.4) is 0 Å². The van der Waals surface area contributed by atoms with E-state index in [4.69, 9.17) is 0 Å². The maximum Gasteiger partial charge on any atom is 0.416 e. The highest BCUT2D eigenvalue weighted by molar-refractivity contribution is 7.99. The van der Waals surface area contributed by atoms with Gasteiger partial charge in [0.25, 0.3) is 0 Å². The van der Waals surface area contributed by atoms with Crippen molar-refractivity contribution in [1.29, 1.82) is 0 Å². The van der Waals surface area contributed by atoms with Crippen LogP contribution in [0.25, 0.3) is 0 Å². The Morgan fingerprint density at radius 3 is 2.21 bits per heavy atom. The number of rotatable bonds is 4. The van der Waals surface area contributed by atoms with Gasteiger partial charge in [0.05, 0.1) is 5.56 Å². The lowest BCUT2D eigenvalue weighted by Gasteiger charge is -2.39. The zero-order valence-electron chi connectivity index (χ0n) is 16.1. The Morgan fingerprint density at radius 2 is 1.62 bits per heavy atom. The second-order valence-corrected chi connectivity index (χ2v) is 8.79. The Hall–Kier alpha value is -1.74.